The second-order valence-electron chi connectivity index (χ2n) is 5.75. The molecule has 1 aromatic heterocycles. The molecule has 1 amide bonds. The number of fused-ring (bicyclic) bond motifs is 1. The van der Waals surface area contributed by atoms with Crippen LogP contribution in [0.1, 0.15) is 36.9 Å². The van der Waals surface area contributed by atoms with Crippen LogP contribution in [0.4, 0.5) is 0 Å². The van der Waals surface area contributed by atoms with Gasteiger partial charge >= 0.3 is 5.97 Å². The molecule has 0 radical (unpaired) electrons. The van der Waals surface area contributed by atoms with E-state index in [-0.39, 0.29) is 18.2 Å². The lowest BCUT2D eigenvalue weighted by molar-refractivity contribution is -0.138. The zero-order chi connectivity index (χ0) is 15.6. The van der Waals surface area contributed by atoms with Gasteiger partial charge in [-0.2, -0.15) is 0 Å². The minimum Gasteiger partial charge on any atom is -0.481 e. The number of hydrogen-bond acceptors (Lipinski definition) is 3. The third-order valence-electron chi connectivity index (χ3n) is 3.84. The molecule has 2 rings (SSSR count). The van der Waals surface area contributed by atoms with Crippen LogP contribution < -0.4 is 5.32 Å². The molecule has 4 nitrogen and oxygen atoms in total. The van der Waals surface area contributed by atoms with Gasteiger partial charge in [-0.25, -0.2) is 0 Å². The molecular formula is C16H19NO3S. The van der Waals surface area contributed by atoms with Gasteiger partial charge in [0.15, 0.2) is 0 Å². The third-order valence-corrected chi connectivity index (χ3v) is 4.96. The van der Waals surface area contributed by atoms with Crippen molar-refractivity contribution in [3.05, 3.63) is 35.2 Å². The van der Waals surface area contributed by atoms with Crippen LogP contribution in [-0.4, -0.2) is 22.5 Å². The second kappa shape index (κ2) is 5.85. The lowest BCUT2D eigenvalue weighted by Crippen LogP contribution is -2.51. The molecular weight excluding hydrogens is 286 g/mol. The molecule has 0 aliphatic carbocycles. The average Bonchev–Trinajstić information content (AvgIpc) is 2.81. The maximum Gasteiger partial charge on any atom is 0.305 e. The summed E-state index contributed by atoms with van der Waals surface area (Å²) in [5.74, 6) is -1.11. The van der Waals surface area contributed by atoms with Gasteiger partial charge in [-0.05, 0) is 30.4 Å². The molecule has 1 atom stereocenters. The fraction of sp³-hybridized carbons (Fsp3) is 0.375. The summed E-state index contributed by atoms with van der Waals surface area (Å²) in [7, 11) is 0. The predicted octanol–water partition coefficient (Wildman–Crippen LogP) is 3.52. The van der Waals surface area contributed by atoms with Crippen molar-refractivity contribution in [3.8, 4) is 0 Å². The smallest absolute Gasteiger partial charge is 0.305 e. The first kappa shape index (κ1) is 15.5. The number of benzene rings is 1. The Morgan fingerprint density at radius 3 is 2.57 bits per heavy atom. The minimum atomic E-state index is -0.914. The standard InChI is InChI=1S/C16H19NO3S/c1-10(2)16(3,9-14(18)19)17-15(20)13-8-11-6-4-5-7-12(11)21-13/h4-8,10H,9H2,1-3H3,(H,17,20)(H,18,19). The SMILES string of the molecule is CC(C)C(C)(CC(=O)O)NC(=O)c1cc2ccccc2s1. The monoisotopic (exact) mass is 305 g/mol. The lowest BCUT2D eigenvalue weighted by atomic mass is 9.85. The largest absolute Gasteiger partial charge is 0.481 e. The Kier molecular flexibility index (Phi) is 4.32. The molecule has 0 saturated carbocycles. The van der Waals surface area contributed by atoms with Crippen molar-refractivity contribution in [1.82, 2.24) is 5.32 Å². The summed E-state index contributed by atoms with van der Waals surface area (Å²) in [6, 6.07) is 9.64. The summed E-state index contributed by atoms with van der Waals surface area (Å²) in [6.07, 6.45) is -0.0959. The molecule has 0 fully saturated rings. The fourth-order valence-electron chi connectivity index (χ4n) is 2.12. The molecule has 2 N–H and O–H groups in total. The van der Waals surface area contributed by atoms with E-state index in [1.165, 1.54) is 11.3 Å². The van der Waals surface area contributed by atoms with E-state index in [4.69, 9.17) is 5.11 Å². The van der Waals surface area contributed by atoms with Gasteiger partial charge in [-0.15, -0.1) is 11.3 Å². The van der Waals surface area contributed by atoms with Crippen molar-refractivity contribution >= 4 is 33.3 Å². The van der Waals surface area contributed by atoms with E-state index in [0.29, 0.717) is 4.88 Å². The highest BCUT2D eigenvalue weighted by atomic mass is 32.1. The number of rotatable bonds is 5. The van der Waals surface area contributed by atoms with Crippen molar-refractivity contribution in [3.63, 3.8) is 0 Å². The highest BCUT2D eigenvalue weighted by molar-refractivity contribution is 7.20. The maximum absolute atomic E-state index is 12.4. The molecule has 5 heteroatoms. The third kappa shape index (κ3) is 3.42. The van der Waals surface area contributed by atoms with Gasteiger partial charge < -0.3 is 10.4 Å². The van der Waals surface area contributed by atoms with Crippen LogP contribution in [0, 0.1) is 5.92 Å². The van der Waals surface area contributed by atoms with Crippen molar-refractivity contribution in [2.24, 2.45) is 5.92 Å². The summed E-state index contributed by atoms with van der Waals surface area (Å²) >= 11 is 1.42. The van der Waals surface area contributed by atoms with Gasteiger partial charge in [-0.1, -0.05) is 32.0 Å². The lowest BCUT2D eigenvalue weighted by Gasteiger charge is -2.33. The number of carbonyl (C=O) groups is 2. The van der Waals surface area contributed by atoms with E-state index < -0.39 is 11.5 Å². The quantitative estimate of drug-likeness (QED) is 0.888. The molecule has 0 aliphatic heterocycles. The number of carbonyl (C=O) groups excluding carboxylic acids is 1. The van der Waals surface area contributed by atoms with Gasteiger partial charge in [0.2, 0.25) is 0 Å². The first-order chi connectivity index (χ1) is 9.82. The van der Waals surface area contributed by atoms with E-state index in [2.05, 4.69) is 5.32 Å². The first-order valence-corrected chi connectivity index (χ1v) is 7.66. The molecule has 1 aromatic carbocycles. The van der Waals surface area contributed by atoms with Crippen LogP contribution in [0.15, 0.2) is 30.3 Å². The Morgan fingerprint density at radius 2 is 2.00 bits per heavy atom. The summed E-state index contributed by atoms with van der Waals surface area (Å²) < 4.78 is 1.05. The minimum absolute atomic E-state index is 0.0203. The Labute approximate surface area is 127 Å². The summed E-state index contributed by atoms with van der Waals surface area (Å²) in [6.45, 7) is 5.60. The molecule has 112 valence electrons. The number of carboxylic acids is 1. The van der Waals surface area contributed by atoms with Gasteiger partial charge in [-0.3, -0.25) is 9.59 Å². The van der Waals surface area contributed by atoms with Crippen LogP contribution in [0.3, 0.4) is 0 Å². The summed E-state index contributed by atoms with van der Waals surface area (Å²) in [5, 5.41) is 13.0. The number of thiophene rings is 1. The highest BCUT2D eigenvalue weighted by Gasteiger charge is 2.33. The predicted molar refractivity (Wildman–Crippen MR) is 84.8 cm³/mol. The average molecular weight is 305 g/mol. The number of hydrogen-bond donors (Lipinski definition) is 2. The molecule has 21 heavy (non-hydrogen) atoms. The highest BCUT2D eigenvalue weighted by Crippen LogP contribution is 2.27. The summed E-state index contributed by atoms with van der Waals surface area (Å²) in [5.41, 5.74) is -0.765. The maximum atomic E-state index is 12.4. The van der Waals surface area contributed by atoms with Crippen molar-refractivity contribution in [2.45, 2.75) is 32.7 Å². The van der Waals surface area contributed by atoms with Crippen LogP contribution in [0.2, 0.25) is 0 Å². The Balaban J connectivity index is 2.24. The molecule has 1 unspecified atom stereocenters. The molecule has 0 spiro atoms. The Hall–Kier alpha value is -1.88. The van der Waals surface area contributed by atoms with Gasteiger partial charge in [0.05, 0.1) is 16.8 Å². The van der Waals surface area contributed by atoms with Gasteiger partial charge in [0.25, 0.3) is 5.91 Å². The zero-order valence-electron chi connectivity index (χ0n) is 12.3. The van der Waals surface area contributed by atoms with E-state index in [1.54, 1.807) is 6.92 Å². The van der Waals surface area contributed by atoms with Gasteiger partial charge in [0, 0.05) is 4.70 Å². The molecule has 0 aliphatic rings. The zero-order valence-corrected chi connectivity index (χ0v) is 13.2. The number of carboxylic acid groups (broad SMARTS) is 1. The fourth-order valence-corrected chi connectivity index (χ4v) is 3.08. The van der Waals surface area contributed by atoms with E-state index >= 15 is 0 Å². The molecule has 0 bridgehead atoms. The van der Waals surface area contributed by atoms with Crippen LogP contribution in [0.5, 0.6) is 0 Å². The van der Waals surface area contributed by atoms with Gasteiger partial charge in [0.1, 0.15) is 0 Å². The Bertz CT molecular complexity index is 644. The Morgan fingerprint density at radius 1 is 1.33 bits per heavy atom. The van der Waals surface area contributed by atoms with E-state index in [1.807, 2.05) is 44.2 Å². The first-order valence-electron chi connectivity index (χ1n) is 6.85. The van der Waals surface area contributed by atoms with Crippen LogP contribution in [-0.2, 0) is 4.79 Å². The normalized spacial score (nSPS) is 14.1. The molecule has 0 saturated heterocycles. The number of aliphatic carboxylic acids is 1. The van der Waals surface area contributed by atoms with Crippen LogP contribution in [0.25, 0.3) is 10.1 Å². The van der Waals surface area contributed by atoms with Crippen molar-refractivity contribution < 1.29 is 14.7 Å². The molecule has 1 heterocycles. The van der Waals surface area contributed by atoms with Crippen LogP contribution >= 0.6 is 11.3 Å². The van der Waals surface area contributed by atoms with Crippen molar-refractivity contribution in [1.29, 1.82) is 0 Å². The number of nitrogens with one attached hydrogen (secondary N) is 1. The van der Waals surface area contributed by atoms with Crippen molar-refractivity contribution in [2.75, 3.05) is 0 Å². The summed E-state index contributed by atoms with van der Waals surface area (Å²) in [4.78, 5) is 24.1. The second-order valence-corrected chi connectivity index (χ2v) is 6.83. The van der Waals surface area contributed by atoms with E-state index in [0.717, 1.165) is 10.1 Å². The van der Waals surface area contributed by atoms with E-state index in [9.17, 15) is 9.59 Å². The molecule has 2 aromatic rings. The topological polar surface area (TPSA) is 66.4 Å². The number of amides is 1.